The van der Waals surface area contributed by atoms with Crippen LogP contribution >= 0.6 is 27.3 Å². The highest BCUT2D eigenvalue weighted by molar-refractivity contribution is 9.10. The largest absolute Gasteiger partial charge is 0.342 e. The van der Waals surface area contributed by atoms with E-state index < -0.39 is 10.0 Å². The summed E-state index contributed by atoms with van der Waals surface area (Å²) in [6.45, 7) is 4.63. The van der Waals surface area contributed by atoms with E-state index in [1.54, 1.807) is 16.3 Å². The fourth-order valence-corrected chi connectivity index (χ4v) is 4.74. The van der Waals surface area contributed by atoms with Crippen molar-refractivity contribution in [2.45, 2.75) is 18.1 Å². The zero-order chi connectivity index (χ0) is 13.8. The van der Waals surface area contributed by atoms with E-state index in [0.29, 0.717) is 17.6 Å². The summed E-state index contributed by atoms with van der Waals surface area (Å²) < 4.78 is 26.8. The standard InChI is InChI=1S/C10H15BrN2O3S2/c1-3-13(4-2)9(14)7-12-18(15,16)10-8(11)5-6-17-10/h5-6,12H,3-4,7H2,1-2H3. The van der Waals surface area contributed by atoms with Crippen LogP contribution in [0.3, 0.4) is 0 Å². The molecule has 0 aliphatic heterocycles. The molecule has 1 aromatic heterocycles. The molecule has 18 heavy (non-hydrogen) atoms. The molecule has 0 fully saturated rings. The van der Waals surface area contributed by atoms with E-state index in [4.69, 9.17) is 0 Å². The number of thiophene rings is 1. The number of carbonyl (C=O) groups excluding carboxylic acids is 1. The second-order valence-corrected chi connectivity index (χ2v) is 7.18. The second kappa shape index (κ2) is 6.65. The SMILES string of the molecule is CCN(CC)C(=O)CNS(=O)(=O)c1sccc1Br. The summed E-state index contributed by atoms with van der Waals surface area (Å²) in [6.07, 6.45) is 0. The third-order valence-corrected chi connectivity index (χ3v) is 6.43. The molecule has 8 heteroatoms. The number of rotatable bonds is 6. The van der Waals surface area contributed by atoms with Crippen molar-refractivity contribution in [3.05, 3.63) is 15.9 Å². The van der Waals surface area contributed by atoms with Crippen LogP contribution in [0.4, 0.5) is 0 Å². The van der Waals surface area contributed by atoms with Gasteiger partial charge in [0.25, 0.3) is 10.0 Å². The first-order valence-corrected chi connectivity index (χ1v) is 8.58. The van der Waals surface area contributed by atoms with Gasteiger partial charge in [0.15, 0.2) is 0 Å². The lowest BCUT2D eigenvalue weighted by Gasteiger charge is -2.18. The zero-order valence-corrected chi connectivity index (χ0v) is 13.4. The number of amides is 1. The normalized spacial score (nSPS) is 11.5. The van der Waals surface area contributed by atoms with Gasteiger partial charge in [0, 0.05) is 17.6 Å². The second-order valence-electron chi connectivity index (χ2n) is 3.45. The number of hydrogen-bond donors (Lipinski definition) is 1. The third-order valence-electron chi connectivity index (χ3n) is 2.36. The van der Waals surface area contributed by atoms with Crippen LogP contribution < -0.4 is 4.72 Å². The van der Waals surface area contributed by atoms with Gasteiger partial charge in [0.1, 0.15) is 4.21 Å². The van der Waals surface area contributed by atoms with E-state index in [2.05, 4.69) is 20.7 Å². The monoisotopic (exact) mass is 354 g/mol. The van der Waals surface area contributed by atoms with Crippen molar-refractivity contribution in [1.82, 2.24) is 9.62 Å². The molecule has 1 heterocycles. The molecule has 5 nitrogen and oxygen atoms in total. The Bertz CT molecular complexity index is 509. The molecular formula is C10H15BrN2O3S2. The van der Waals surface area contributed by atoms with Gasteiger partial charge in [-0.2, -0.15) is 0 Å². The molecule has 0 saturated heterocycles. The van der Waals surface area contributed by atoms with Crippen molar-refractivity contribution < 1.29 is 13.2 Å². The van der Waals surface area contributed by atoms with Gasteiger partial charge in [0.05, 0.1) is 6.54 Å². The van der Waals surface area contributed by atoms with Crippen LogP contribution in [0.2, 0.25) is 0 Å². The minimum atomic E-state index is -3.62. The van der Waals surface area contributed by atoms with Crippen molar-refractivity contribution in [3.63, 3.8) is 0 Å². The molecule has 1 amide bonds. The molecule has 1 aromatic rings. The summed E-state index contributed by atoms with van der Waals surface area (Å²) >= 11 is 4.27. The predicted octanol–water partition coefficient (Wildman–Crippen LogP) is 1.66. The van der Waals surface area contributed by atoms with Crippen molar-refractivity contribution in [1.29, 1.82) is 0 Å². The van der Waals surface area contributed by atoms with Crippen molar-refractivity contribution in [2.75, 3.05) is 19.6 Å². The highest BCUT2D eigenvalue weighted by Crippen LogP contribution is 2.27. The zero-order valence-electron chi connectivity index (χ0n) is 10.1. The lowest BCUT2D eigenvalue weighted by Crippen LogP contribution is -2.39. The Kier molecular flexibility index (Phi) is 5.77. The average molecular weight is 355 g/mol. The summed E-state index contributed by atoms with van der Waals surface area (Å²) in [5.41, 5.74) is 0. The fraction of sp³-hybridized carbons (Fsp3) is 0.500. The summed E-state index contributed by atoms with van der Waals surface area (Å²) in [7, 11) is -3.62. The minimum absolute atomic E-state index is 0.190. The van der Waals surface area contributed by atoms with Crippen molar-refractivity contribution >= 4 is 43.2 Å². The van der Waals surface area contributed by atoms with Crippen LogP contribution in [0.1, 0.15) is 13.8 Å². The molecule has 0 spiro atoms. The van der Waals surface area contributed by atoms with Crippen LogP contribution in [0.15, 0.2) is 20.1 Å². The van der Waals surface area contributed by atoms with Crippen molar-refractivity contribution in [2.24, 2.45) is 0 Å². The highest BCUT2D eigenvalue weighted by Gasteiger charge is 2.21. The molecule has 0 radical (unpaired) electrons. The van der Waals surface area contributed by atoms with Gasteiger partial charge in [-0.1, -0.05) is 0 Å². The maximum Gasteiger partial charge on any atom is 0.251 e. The number of nitrogens with one attached hydrogen (secondary N) is 1. The van der Waals surface area contributed by atoms with Crippen LogP contribution in [0, 0.1) is 0 Å². The number of hydrogen-bond acceptors (Lipinski definition) is 4. The van der Waals surface area contributed by atoms with Gasteiger partial charge >= 0.3 is 0 Å². The van der Waals surface area contributed by atoms with Crippen LogP contribution in [0.25, 0.3) is 0 Å². The molecule has 0 saturated carbocycles. The van der Waals surface area contributed by atoms with Gasteiger partial charge in [0.2, 0.25) is 5.91 Å². The fourth-order valence-electron chi connectivity index (χ4n) is 1.38. The van der Waals surface area contributed by atoms with E-state index in [1.165, 1.54) is 0 Å². The molecular weight excluding hydrogens is 340 g/mol. The molecule has 102 valence electrons. The Hall–Kier alpha value is -0.440. The quantitative estimate of drug-likeness (QED) is 0.844. The highest BCUT2D eigenvalue weighted by atomic mass is 79.9. The maximum atomic E-state index is 11.9. The summed E-state index contributed by atoms with van der Waals surface area (Å²) in [4.78, 5) is 13.3. The molecule has 0 aromatic carbocycles. The molecule has 0 aliphatic carbocycles. The molecule has 0 bridgehead atoms. The number of sulfonamides is 1. The molecule has 1 rings (SSSR count). The molecule has 0 atom stereocenters. The Morgan fingerprint density at radius 1 is 1.44 bits per heavy atom. The van der Waals surface area contributed by atoms with Gasteiger partial charge in [-0.15, -0.1) is 11.3 Å². The summed E-state index contributed by atoms with van der Waals surface area (Å²) in [5.74, 6) is -0.226. The van der Waals surface area contributed by atoms with E-state index in [1.807, 2.05) is 13.8 Å². The smallest absolute Gasteiger partial charge is 0.251 e. The average Bonchev–Trinajstić information content (AvgIpc) is 2.75. The molecule has 0 aliphatic rings. The Labute approximate surface area is 119 Å². The number of halogens is 1. The molecule has 0 unspecified atom stereocenters. The van der Waals surface area contributed by atoms with Crippen LogP contribution in [-0.2, 0) is 14.8 Å². The molecule has 1 N–H and O–H groups in total. The van der Waals surface area contributed by atoms with Crippen LogP contribution in [0.5, 0.6) is 0 Å². The Morgan fingerprint density at radius 2 is 2.06 bits per heavy atom. The lowest BCUT2D eigenvalue weighted by atomic mass is 10.4. The van der Waals surface area contributed by atoms with Gasteiger partial charge in [-0.25, -0.2) is 13.1 Å². The van der Waals surface area contributed by atoms with E-state index in [-0.39, 0.29) is 16.7 Å². The van der Waals surface area contributed by atoms with E-state index >= 15 is 0 Å². The number of nitrogens with zero attached hydrogens (tertiary/aromatic N) is 1. The minimum Gasteiger partial charge on any atom is -0.342 e. The maximum absolute atomic E-state index is 11.9. The Morgan fingerprint density at radius 3 is 2.50 bits per heavy atom. The van der Waals surface area contributed by atoms with Gasteiger partial charge in [-0.3, -0.25) is 4.79 Å². The summed E-state index contributed by atoms with van der Waals surface area (Å²) in [6, 6.07) is 1.66. The first-order chi connectivity index (χ1) is 8.42. The Balaban J connectivity index is 2.69. The van der Waals surface area contributed by atoms with Gasteiger partial charge < -0.3 is 4.90 Å². The third kappa shape index (κ3) is 3.78. The predicted molar refractivity (Wildman–Crippen MR) is 75.1 cm³/mol. The van der Waals surface area contributed by atoms with E-state index in [9.17, 15) is 13.2 Å². The van der Waals surface area contributed by atoms with E-state index in [0.717, 1.165) is 11.3 Å². The van der Waals surface area contributed by atoms with Gasteiger partial charge in [-0.05, 0) is 41.2 Å². The summed E-state index contributed by atoms with van der Waals surface area (Å²) in [5, 5.41) is 1.67. The number of carbonyl (C=O) groups is 1. The van der Waals surface area contributed by atoms with Crippen LogP contribution in [-0.4, -0.2) is 38.9 Å². The number of likely N-dealkylation sites (N-methyl/N-ethyl adjacent to an activating group) is 1. The van der Waals surface area contributed by atoms with Crippen molar-refractivity contribution in [3.8, 4) is 0 Å². The lowest BCUT2D eigenvalue weighted by molar-refractivity contribution is -0.129. The first kappa shape index (κ1) is 15.6. The first-order valence-electron chi connectivity index (χ1n) is 5.42. The topological polar surface area (TPSA) is 66.5 Å².